The van der Waals surface area contributed by atoms with Crippen molar-refractivity contribution in [1.82, 2.24) is 4.90 Å². The molecule has 2 amide bonds. The molecule has 140 valence electrons. The third-order valence-corrected chi connectivity index (χ3v) is 6.49. The van der Waals surface area contributed by atoms with Crippen molar-refractivity contribution >= 4 is 34.9 Å². The van der Waals surface area contributed by atoms with Gasteiger partial charge in [-0.15, -0.1) is 11.3 Å². The maximum atomic E-state index is 13.1. The van der Waals surface area contributed by atoms with Crippen LogP contribution in [-0.2, 0) is 21.6 Å². The van der Waals surface area contributed by atoms with Gasteiger partial charge in [-0.1, -0.05) is 18.2 Å². The minimum absolute atomic E-state index is 0.00195. The molecule has 2 aliphatic rings. The summed E-state index contributed by atoms with van der Waals surface area (Å²) in [5, 5.41) is 11.0. The molecular formula is C21H22N2O3S. The number of para-hydroxylation sites is 1. The third-order valence-electron chi connectivity index (χ3n) is 5.55. The van der Waals surface area contributed by atoms with Crippen LogP contribution in [0.1, 0.15) is 28.8 Å². The molecule has 27 heavy (non-hydrogen) atoms. The van der Waals surface area contributed by atoms with Crippen molar-refractivity contribution in [2.24, 2.45) is 0 Å². The number of anilines is 1. The van der Waals surface area contributed by atoms with Gasteiger partial charge in [0.2, 0.25) is 11.8 Å². The van der Waals surface area contributed by atoms with E-state index in [-0.39, 0.29) is 18.4 Å². The van der Waals surface area contributed by atoms with Crippen LogP contribution >= 0.6 is 11.3 Å². The van der Waals surface area contributed by atoms with E-state index in [4.69, 9.17) is 5.11 Å². The van der Waals surface area contributed by atoms with Crippen LogP contribution in [0.3, 0.4) is 0 Å². The Kier molecular flexibility index (Phi) is 4.61. The third kappa shape index (κ3) is 2.99. The lowest BCUT2D eigenvalue weighted by Gasteiger charge is -2.39. The van der Waals surface area contributed by atoms with Crippen LogP contribution < -0.4 is 4.90 Å². The molecule has 3 heterocycles. The lowest BCUT2D eigenvalue weighted by Crippen LogP contribution is -2.52. The molecule has 4 rings (SSSR count). The Morgan fingerprint density at radius 3 is 2.96 bits per heavy atom. The smallest absolute Gasteiger partial charge is 0.246 e. The fraction of sp³-hybridized carbons (Fsp3) is 0.333. The Bertz CT molecular complexity index is 920. The van der Waals surface area contributed by atoms with Gasteiger partial charge in [-0.25, -0.2) is 0 Å². The summed E-state index contributed by atoms with van der Waals surface area (Å²) in [5.74, 6) is 0.00359. The van der Waals surface area contributed by atoms with Gasteiger partial charge < -0.3 is 14.9 Å². The molecule has 0 radical (unpaired) electrons. The van der Waals surface area contributed by atoms with Crippen LogP contribution in [0.4, 0.5) is 5.69 Å². The zero-order valence-electron chi connectivity index (χ0n) is 15.2. The summed E-state index contributed by atoms with van der Waals surface area (Å²) < 4.78 is 0. The van der Waals surface area contributed by atoms with Crippen LogP contribution in [0.25, 0.3) is 6.08 Å². The molecule has 1 unspecified atom stereocenters. The molecule has 1 aromatic carbocycles. The lowest BCUT2D eigenvalue weighted by atomic mass is 9.75. The first kappa shape index (κ1) is 17.9. The number of piperidine rings is 1. The average Bonchev–Trinajstić information content (AvgIpc) is 3.25. The Hall–Kier alpha value is -2.44. The number of nitrogens with zero attached hydrogens (tertiary/aromatic N) is 2. The van der Waals surface area contributed by atoms with Crippen molar-refractivity contribution in [1.29, 1.82) is 0 Å². The number of carbonyl (C=O) groups is 2. The van der Waals surface area contributed by atoms with Gasteiger partial charge in [0.25, 0.3) is 0 Å². The monoisotopic (exact) mass is 382 g/mol. The topological polar surface area (TPSA) is 60.9 Å². The molecule has 5 nitrogen and oxygen atoms in total. The molecule has 2 aliphatic heterocycles. The number of likely N-dealkylation sites (N-methyl/N-ethyl adjacent to an activating group) is 1. The summed E-state index contributed by atoms with van der Waals surface area (Å²) in [6, 6.07) is 9.76. The molecule has 0 saturated carbocycles. The van der Waals surface area contributed by atoms with Crippen molar-refractivity contribution in [3.05, 3.63) is 57.8 Å². The average molecular weight is 382 g/mol. The normalized spacial score (nSPS) is 22.1. The van der Waals surface area contributed by atoms with Crippen molar-refractivity contribution in [2.45, 2.75) is 24.9 Å². The van der Waals surface area contributed by atoms with E-state index in [0.29, 0.717) is 13.1 Å². The quantitative estimate of drug-likeness (QED) is 0.831. The van der Waals surface area contributed by atoms with Crippen LogP contribution in [-0.4, -0.2) is 42.0 Å². The van der Waals surface area contributed by atoms with E-state index in [9.17, 15) is 9.59 Å². The van der Waals surface area contributed by atoms with Crippen molar-refractivity contribution in [2.75, 3.05) is 25.0 Å². The summed E-state index contributed by atoms with van der Waals surface area (Å²) in [7, 11) is 1.81. The highest BCUT2D eigenvalue weighted by Crippen LogP contribution is 2.46. The van der Waals surface area contributed by atoms with Gasteiger partial charge in [-0.2, -0.15) is 0 Å². The number of carbonyl (C=O) groups excluding carboxylic acids is 2. The van der Waals surface area contributed by atoms with E-state index in [1.165, 1.54) is 11.3 Å². The molecule has 0 aliphatic carbocycles. The van der Waals surface area contributed by atoms with Crippen LogP contribution in [0, 0.1) is 0 Å². The zero-order chi connectivity index (χ0) is 19.0. The van der Waals surface area contributed by atoms with Gasteiger partial charge in [0.15, 0.2) is 0 Å². The van der Waals surface area contributed by atoms with Gasteiger partial charge >= 0.3 is 0 Å². The highest BCUT2D eigenvalue weighted by molar-refractivity contribution is 7.11. The van der Waals surface area contributed by atoms with E-state index in [1.807, 2.05) is 42.8 Å². The van der Waals surface area contributed by atoms with Gasteiger partial charge in [0.05, 0.1) is 12.0 Å². The second-order valence-corrected chi connectivity index (χ2v) is 8.12. The molecular weight excluding hydrogens is 360 g/mol. The predicted octanol–water partition coefficient (Wildman–Crippen LogP) is 2.79. The zero-order valence-corrected chi connectivity index (χ0v) is 16.0. The Balaban J connectivity index is 1.56. The van der Waals surface area contributed by atoms with Crippen molar-refractivity contribution in [3.8, 4) is 0 Å². The van der Waals surface area contributed by atoms with Crippen molar-refractivity contribution in [3.63, 3.8) is 0 Å². The maximum absolute atomic E-state index is 13.1. The summed E-state index contributed by atoms with van der Waals surface area (Å²) in [6.07, 6.45) is 4.93. The minimum atomic E-state index is -0.625. The van der Waals surface area contributed by atoms with Gasteiger partial charge in [0, 0.05) is 36.8 Å². The van der Waals surface area contributed by atoms with Crippen LogP contribution in [0.5, 0.6) is 0 Å². The molecule has 1 fully saturated rings. The Morgan fingerprint density at radius 2 is 2.19 bits per heavy atom. The van der Waals surface area contributed by atoms with E-state index in [0.717, 1.165) is 34.5 Å². The minimum Gasteiger partial charge on any atom is -0.392 e. The molecule has 1 aromatic heterocycles. The second-order valence-electron chi connectivity index (χ2n) is 7.18. The van der Waals surface area contributed by atoms with Gasteiger partial charge in [-0.05, 0) is 47.6 Å². The number of rotatable bonds is 3. The number of hydrogen-bond acceptors (Lipinski definition) is 4. The molecule has 1 N–H and O–H groups in total. The first-order valence-electron chi connectivity index (χ1n) is 9.08. The first-order valence-corrected chi connectivity index (χ1v) is 9.96. The standard InChI is InChI=1S/C21H22N2O3S/c1-22-18-6-3-2-5-17(18)21(20(22)26)9-4-10-23(14-21)19(25)8-7-16-11-15(12-24)13-27-16/h2-3,5-8,11,13,24H,4,9-10,12,14H2,1H3/b8-7+. The highest BCUT2D eigenvalue weighted by atomic mass is 32.1. The number of amides is 2. The van der Waals surface area contributed by atoms with E-state index < -0.39 is 5.41 Å². The number of fused-ring (bicyclic) bond motifs is 2. The fourth-order valence-electron chi connectivity index (χ4n) is 4.18. The molecule has 2 aromatic rings. The predicted molar refractivity (Wildman–Crippen MR) is 107 cm³/mol. The molecule has 6 heteroatoms. The molecule has 1 saturated heterocycles. The maximum Gasteiger partial charge on any atom is 0.246 e. The van der Waals surface area contributed by atoms with Gasteiger partial charge in [0.1, 0.15) is 0 Å². The largest absolute Gasteiger partial charge is 0.392 e. The SMILES string of the molecule is CN1C(=O)C2(CCCN(C(=O)/C=C/c3cc(CO)cs3)C2)c2ccccc21. The molecule has 1 spiro atoms. The van der Waals surface area contributed by atoms with Gasteiger partial charge in [-0.3, -0.25) is 9.59 Å². The summed E-state index contributed by atoms with van der Waals surface area (Å²) in [4.78, 5) is 30.3. The number of aliphatic hydroxyl groups excluding tert-OH is 1. The van der Waals surface area contributed by atoms with Crippen molar-refractivity contribution < 1.29 is 14.7 Å². The first-order chi connectivity index (χ1) is 13.0. The summed E-state index contributed by atoms with van der Waals surface area (Å²) in [5.41, 5.74) is 2.20. The summed E-state index contributed by atoms with van der Waals surface area (Å²) >= 11 is 1.49. The second kappa shape index (κ2) is 6.94. The Morgan fingerprint density at radius 1 is 1.37 bits per heavy atom. The fourth-order valence-corrected chi connectivity index (χ4v) is 4.97. The van der Waals surface area contributed by atoms with E-state index >= 15 is 0 Å². The lowest BCUT2D eigenvalue weighted by molar-refractivity contribution is -0.132. The van der Waals surface area contributed by atoms with E-state index in [2.05, 4.69) is 0 Å². The number of likely N-dealkylation sites (tertiary alicyclic amines) is 1. The number of aliphatic hydroxyl groups is 1. The van der Waals surface area contributed by atoms with Crippen LogP contribution in [0.15, 0.2) is 41.8 Å². The molecule has 1 atom stereocenters. The molecule has 0 bridgehead atoms. The number of hydrogen-bond donors (Lipinski definition) is 1. The van der Waals surface area contributed by atoms with E-state index in [1.54, 1.807) is 22.0 Å². The van der Waals surface area contributed by atoms with Crippen LogP contribution in [0.2, 0.25) is 0 Å². The summed E-state index contributed by atoms with van der Waals surface area (Å²) in [6.45, 7) is 1.08. The Labute approximate surface area is 162 Å². The highest BCUT2D eigenvalue weighted by Gasteiger charge is 2.52. The number of benzene rings is 1. The number of thiophene rings is 1.